The lowest BCUT2D eigenvalue weighted by Gasteiger charge is -2.20. The number of carbonyl (C=O) groups is 2. The van der Waals surface area contributed by atoms with Crippen LogP contribution in [0.15, 0.2) is 112 Å². The summed E-state index contributed by atoms with van der Waals surface area (Å²) in [5.74, 6) is -1.23. The van der Waals surface area contributed by atoms with Gasteiger partial charge in [0.15, 0.2) is 11.6 Å². The molecule has 2 aromatic carbocycles. The van der Waals surface area contributed by atoms with Crippen molar-refractivity contribution < 1.29 is 29.5 Å². The lowest BCUT2D eigenvalue weighted by Crippen LogP contribution is -2.32. The van der Waals surface area contributed by atoms with Gasteiger partial charge in [0.1, 0.15) is 23.3 Å². The molecule has 5 N–H and O–H groups in total. The molecule has 0 saturated heterocycles. The summed E-state index contributed by atoms with van der Waals surface area (Å²) in [6, 6.07) is 26.5. The van der Waals surface area contributed by atoms with Crippen molar-refractivity contribution in [2.75, 3.05) is 23.7 Å². The number of thiophene rings is 2. The van der Waals surface area contributed by atoms with Crippen LogP contribution in [0, 0.1) is 0 Å². The third kappa shape index (κ3) is 15.7. The van der Waals surface area contributed by atoms with E-state index in [0.29, 0.717) is 41.7 Å². The normalized spacial score (nSPS) is 10.7. The number of aromatic nitrogens is 4. The number of ether oxygens (including phenoxy) is 1. The Labute approximate surface area is 372 Å². The molecule has 0 spiro atoms. The van der Waals surface area contributed by atoms with Crippen molar-refractivity contribution in [3.8, 4) is 10.6 Å². The Morgan fingerprint density at radius 1 is 0.767 bits per heavy atom. The molecule has 60 heavy (non-hydrogen) atoms. The predicted molar refractivity (Wildman–Crippen MR) is 243 cm³/mol. The van der Waals surface area contributed by atoms with E-state index in [9.17, 15) is 19.2 Å². The molecular weight excluding hydrogens is 918 g/mol. The van der Waals surface area contributed by atoms with Crippen LogP contribution in [0.3, 0.4) is 0 Å². The molecule has 0 aliphatic rings. The fourth-order valence-electron chi connectivity index (χ4n) is 5.20. The SMILES string of the molecule is CC(C)(C)OC(=O)Cn1c(Br)cnc(NCCc2ccccc2)c1=O.O=C(O)Cn1c(-c2ccc(Cl)s2)cnc(NCCc2ccccc2)c1=O.OB(O)c1ccc(Cl)s1. The molecule has 0 unspecified atom stereocenters. The topological polar surface area (TPSA) is 198 Å². The van der Waals surface area contributed by atoms with Gasteiger partial charge in [0.05, 0.1) is 31.6 Å². The summed E-state index contributed by atoms with van der Waals surface area (Å²) in [4.78, 5) is 57.4. The fourth-order valence-corrected chi connectivity index (χ4v) is 7.58. The number of esters is 1. The van der Waals surface area contributed by atoms with Gasteiger partial charge in [0.2, 0.25) is 0 Å². The van der Waals surface area contributed by atoms with Crippen LogP contribution in [-0.2, 0) is 40.3 Å². The first kappa shape index (κ1) is 47.9. The second kappa shape index (κ2) is 23.3. The quantitative estimate of drug-likeness (QED) is 0.0592. The predicted octanol–water partition coefficient (Wildman–Crippen LogP) is 6.45. The van der Waals surface area contributed by atoms with Crippen LogP contribution in [0.2, 0.25) is 8.67 Å². The molecule has 4 aromatic heterocycles. The van der Waals surface area contributed by atoms with Crippen LogP contribution in [0.5, 0.6) is 0 Å². The molecule has 0 aliphatic carbocycles. The van der Waals surface area contributed by atoms with Gasteiger partial charge in [0, 0.05) is 17.9 Å². The van der Waals surface area contributed by atoms with Crippen molar-refractivity contribution in [1.29, 1.82) is 0 Å². The Bertz CT molecular complexity index is 2440. The average molecular weight is 961 g/mol. The van der Waals surface area contributed by atoms with Gasteiger partial charge in [-0.2, -0.15) is 0 Å². The summed E-state index contributed by atoms with van der Waals surface area (Å²) in [7, 11) is -1.39. The first-order valence-corrected chi connectivity index (χ1v) is 21.4. The van der Waals surface area contributed by atoms with Crippen LogP contribution in [-0.4, -0.2) is 72.0 Å². The molecule has 20 heteroatoms. The molecule has 0 saturated carbocycles. The molecule has 0 fully saturated rings. The van der Waals surface area contributed by atoms with Gasteiger partial charge in [0.25, 0.3) is 11.1 Å². The van der Waals surface area contributed by atoms with Crippen molar-refractivity contribution in [3.63, 3.8) is 0 Å². The van der Waals surface area contributed by atoms with Gasteiger partial charge in [-0.3, -0.25) is 28.3 Å². The van der Waals surface area contributed by atoms with E-state index in [-0.39, 0.29) is 23.7 Å². The van der Waals surface area contributed by atoms with Crippen LogP contribution in [0.25, 0.3) is 10.6 Å². The fraction of sp³-hybridized carbons (Fsp3) is 0.250. The maximum absolute atomic E-state index is 12.7. The molecular formula is C40H42BBrCl2N6O8S2. The van der Waals surface area contributed by atoms with Gasteiger partial charge in [-0.15, -0.1) is 22.7 Å². The van der Waals surface area contributed by atoms with Crippen LogP contribution in [0.4, 0.5) is 11.6 Å². The number of anilines is 2. The minimum absolute atomic E-state index is 0.133. The highest BCUT2D eigenvalue weighted by Crippen LogP contribution is 2.30. The molecule has 0 bridgehead atoms. The van der Waals surface area contributed by atoms with Crippen LogP contribution < -0.4 is 26.5 Å². The number of nitrogens with one attached hydrogen (secondary N) is 2. The first-order valence-electron chi connectivity index (χ1n) is 18.2. The summed E-state index contributed by atoms with van der Waals surface area (Å²) in [6.45, 7) is 5.82. The second-order valence-corrected chi connectivity index (χ2v) is 17.9. The number of carboxylic acid groups (broad SMARTS) is 1. The Hall–Kier alpha value is -4.82. The van der Waals surface area contributed by atoms with Crippen molar-refractivity contribution in [2.24, 2.45) is 0 Å². The minimum atomic E-state index is -1.39. The van der Waals surface area contributed by atoms with Gasteiger partial charge in [-0.05, 0) is 78.9 Å². The number of aliphatic carboxylic acids is 1. The van der Waals surface area contributed by atoms with Gasteiger partial charge in [-0.1, -0.05) is 89.9 Å². The standard InChI is InChI=1S/C18H22BrN3O3.C18H16ClN3O3S.C4H4BClO2S/c1-18(2,3)25-15(23)12-22-14(19)11-21-16(17(22)24)20-10-9-13-7-5-4-6-8-13;19-15-7-6-14(26-15)13-10-21-17(18(25)22(13)11-16(23)24)20-9-8-12-4-2-1-3-5-12;6-4-2-1-3(9-4)5(7)8/h4-8,11H,9-10,12H2,1-3H3,(H,20,21);1-7,10H,8-9,11H2,(H,20,21)(H,23,24);1-2,7-8H. The van der Waals surface area contributed by atoms with Crippen molar-refractivity contribution >= 4 is 97.3 Å². The first-order chi connectivity index (χ1) is 28.5. The van der Waals surface area contributed by atoms with Crippen LogP contribution in [0.1, 0.15) is 31.9 Å². The summed E-state index contributed by atoms with van der Waals surface area (Å²) in [6.07, 6.45) is 4.49. The Morgan fingerprint density at radius 3 is 1.73 bits per heavy atom. The lowest BCUT2D eigenvalue weighted by molar-refractivity contribution is -0.155. The second-order valence-electron chi connectivity index (χ2n) is 13.6. The highest BCUT2D eigenvalue weighted by molar-refractivity contribution is 9.10. The van der Waals surface area contributed by atoms with Crippen LogP contribution >= 0.6 is 61.8 Å². The molecule has 316 valence electrons. The number of carboxylic acids is 1. The molecule has 4 heterocycles. The molecule has 6 rings (SSSR count). The van der Waals surface area contributed by atoms with E-state index in [1.807, 2.05) is 60.7 Å². The summed E-state index contributed by atoms with van der Waals surface area (Å²) < 4.78 is 9.79. The summed E-state index contributed by atoms with van der Waals surface area (Å²) in [5.41, 5.74) is 1.30. The zero-order valence-electron chi connectivity index (χ0n) is 32.7. The molecule has 0 atom stereocenters. The number of halogens is 3. The Kier molecular flexibility index (Phi) is 18.5. The van der Waals surface area contributed by atoms with Crippen molar-refractivity contribution in [1.82, 2.24) is 19.1 Å². The summed E-state index contributed by atoms with van der Waals surface area (Å²) >= 11 is 17.1. The number of hydrogen-bond donors (Lipinski definition) is 5. The highest BCUT2D eigenvalue weighted by Gasteiger charge is 2.20. The zero-order valence-corrected chi connectivity index (χ0v) is 37.4. The number of hydrogen-bond acceptors (Lipinski definition) is 13. The minimum Gasteiger partial charge on any atom is -0.480 e. The molecule has 0 radical (unpaired) electrons. The number of nitrogens with zero attached hydrogens (tertiary/aromatic N) is 4. The number of rotatable bonds is 14. The third-order valence-electron chi connectivity index (χ3n) is 7.83. The molecule has 6 aromatic rings. The monoisotopic (exact) mass is 958 g/mol. The zero-order chi connectivity index (χ0) is 43.8. The number of carbonyl (C=O) groups excluding carboxylic acids is 1. The molecule has 0 aliphatic heterocycles. The van der Waals surface area contributed by atoms with Gasteiger partial charge >= 0.3 is 19.1 Å². The summed E-state index contributed by atoms with van der Waals surface area (Å²) in [5, 5.41) is 32.3. The Balaban J connectivity index is 0.000000220. The van der Waals surface area contributed by atoms with Gasteiger partial charge < -0.3 is 30.5 Å². The lowest BCUT2D eigenvalue weighted by atomic mass is 9.90. The van der Waals surface area contributed by atoms with E-state index in [2.05, 4.69) is 36.5 Å². The average Bonchev–Trinajstić information content (AvgIpc) is 3.84. The number of benzene rings is 2. The van der Waals surface area contributed by atoms with Gasteiger partial charge in [-0.25, -0.2) is 9.97 Å². The van der Waals surface area contributed by atoms with Crippen molar-refractivity contribution in [2.45, 2.75) is 52.3 Å². The maximum atomic E-state index is 12.7. The largest absolute Gasteiger partial charge is 0.499 e. The van der Waals surface area contributed by atoms with E-state index in [1.54, 1.807) is 45.0 Å². The van der Waals surface area contributed by atoms with Crippen molar-refractivity contribution in [3.05, 3.63) is 142 Å². The third-order valence-corrected chi connectivity index (χ3v) is 11.0. The van der Waals surface area contributed by atoms with E-state index < -0.39 is 36.8 Å². The Morgan fingerprint density at radius 2 is 1.28 bits per heavy atom. The highest BCUT2D eigenvalue weighted by atomic mass is 79.9. The maximum Gasteiger partial charge on any atom is 0.499 e. The molecule has 0 amide bonds. The van der Waals surface area contributed by atoms with E-state index in [4.69, 9.17) is 43.1 Å². The van der Waals surface area contributed by atoms with E-state index in [1.165, 1.54) is 38.4 Å². The van der Waals surface area contributed by atoms with E-state index in [0.717, 1.165) is 29.7 Å². The smallest absolute Gasteiger partial charge is 0.480 e. The molecule has 14 nitrogen and oxygen atoms in total. The van der Waals surface area contributed by atoms with E-state index >= 15 is 0 Å².